The zero-order valence-electron chi connectivity index (χ0n) is 12.7. The molecule has 1 fully saturated rings. The topological polar surface area (TPSA) is 58.6 Å². The molecule has 0 radical (unpaired) electrons. The van der Waals surface area contributed by atoms with E-state index in [1.165, 1.54) is 19.1 Å². The number of hydrogen-bond donors (Lipinski definition) is 1. The molecule has 6 heteroatoms. The fourth-order valence-corrected chi connectivity index (χ4v) is 2.52. The lowest BCUT2D eigenvalue weighted by molar-refractivity contribution is -0.134. The smallest absolute Gasteiger partial charge is 0.225 e. The van der Waals surface area contributed by atoms with Gasteiger partial charge in [-0.3, -0.25) is 9.59 Å². The molecule has 1 saturated heterocycles. The van der Waals surface area contributed by atoms with Crippen LogP contribution in [0.25, 0.3) is 0 Å². The molecule has 0 spiro atoms. The van der Waals surface area contributed by atoms with Gasteiger partial charge in [-0.25, -0.2) is 4.39 Å². The Bertz CT molecular complexity index is 536. The molecule has 120 valence electrons. The average Bonchev–Trinajstić information content (AvgIpc) is 2.51. The van der Waals surface area contributed by atoms with Gasteiger partial charge in [0.15, 0.2) is 0 Å². The highest BCUT2D eigenvalue weighted by Crippen LogP contribution is 2.16. The lowest BCUT2D eigenvalue weighted by Gasteiger charge is -2.31. The number of nitrogens with one attached hydrogen (secondary N) is 1. The molecule has 0 aromatic heterocycles. The summed E-state index contributed by atoms with van der Waals surface area (Å²) in [5, 5.41) is 2.80. The molecule has 0 aliphatic carbocycles. The summed E-state index contributed by atoms with van der Waals surface area (Å²) in [5.41, 5.74) is 0. The predicted molar refractivity (Wildman–Crippen MR) is 79.9 cm³/mol. The Kier molecular flexibility index (Phi) is 5.75. The normalized spacial score (nSPS) is 17.9. The molecular weight excluding hydrogens is 287 g/mol. The summed E-state index contributed by atoms with van der Waals surface area (Å²) < 4.78 is 18.3. The minimum absolute atomic E-state index is 0.00642. The summed E-state index contributed by atoms with van der Waals surface area (Å²) in [5.74, 6) is -0.129. The van der Waals surface area contributed by atoms with Crippen LogP contribution in [0.3, 0.4) is 0 Å². The summed E-state index contributed by atoms with van der Waals surface area (Å²) in [4.78, 5) is 25.1. The molecule has 2 amide bonds. The van der Waals surface area contributed by atoms with E-state index >= 15 is 0 Å². The summed E-state index contributed by atoms with van der Waals surface area (Å²) in [6.45, 7) is 3.35. The Morgan fingerprint density at radius 2 is 2.27 bits per heavy atom. The molecule has 1 heterocycles. The Morgan fingerprint density at radius 3 is 3.00 bits per heavy atom. The average molecular weight is 308 g/mol. The number of ether oxygens (including phenoxy) is 1. The fraction of sp³-hybridized carbons (Fsp3) is 0.500. The third-order valence-electron chi connectivity index (χ3n) is 3.70. The van der Waals surface area contributed by atoms with Crippen molar-refractivity contribution in [1.29, 1.82) is 0 Å². The third-order valence-corrected chi connectivity index (χ3v) is 3.70. The van der Waals surface area contributed by atoms with E-state index in [0.717, 1.165) is 19.4 Å². The number of halogens is 1. The Morgan fingerprint density at radius 1 is 1.45 bits per heavy atom. The monoisotopic (exact) mass is 308 g/mol. The predicted octanol–water partition coefficient (Wildman–Crippen LogP) is 1.58. The third kappa shape index (κ3) is 4.72. The van der Waals surface area contributed by atoms with Gasteiger partial charge in [-0.05, 0) is 25.0 Å². The van der Waals surface area contributed by atoms with Crippen molar-refractivity contribution in [2.24, 2.45) is 5.92 Å². The van der Waals surface area contributed by atoms with Gasteiger partial charge >= 0.3 is 0 Å². The van der Waals surface area contributed by atoms with Crippen LogP contribution in [0.5, 0.6) is 5.75 Å². The number of nitrogens with zero attached hydrogens (tertiary/aromatic N) is 1. The molecular formula is C16H21FN2O3. The number of benzene rings is 1. The van der Waals surface area contributed by atoms with Gasteiger partial charge in [0.2, 0.25) is 11.8 Å². The van der Waals surface area contributed by atoms with E-state index in [2.05, 4.69) is 5.32 Å². The first-order chi connectivity index (χ1) is 10.6. The van der Waals surface area contributed by atoms with Crippen LogP contribution >= 0.6 is 0 Å². The molecule has 22 heavy (non-hydrogen) atoms. The van der Waals surface area contributed by atoms with Gasteiger partial charge in [0.05, 0.1) is 12.5 Å². The maximum Gasteiger partial charge on any atom is 0.225 e. The number of piperidine rings is 1. The first kappa shape index (κ1) is 16.3. The van der Waals surface area contributed by atoms with Gasteiger partial charge < -0.3 is 15.0 Å². The maximum absolute atomic E-state index is 13.0. The summed E-state index contributed by atoms with van der Waals surface area (Å²) >= 11 is 0. The number of amides is 2. The van der Waals surface area contributed by atoms with Gasteiger partial charge in [0.1, 0.15) is 18.2 Å². The minimum atomic E-state index is -0.354. The van der Waals surface area contributed by atoms with Crippen LogP contribution in [0.4, 0.5) is 4.39 Å². The van der Waals surface area contributed by atoms with Crippen molar-refractivity contribution >= 4 is 11.8 Å². The first-order valence-electron chi connectivity index (χ1n) is 7.48. The van der Waals surface area contributed by atoms with Gasteiger partial charge in [-0.2, -0.15) is 0 Å². The van der Waals surface area contributed by atoms with E-state index in [-0.39, 0.29) is 30.2 Å². The zero-order chi connectivity index (χ0) is 15.9. The highest BCUT2D eigenvalue weighted by molar-refractivity contribution is 5.80. The van der Waals surface area contributed by atoms with Crippen molar-refractivity contribution in [3.05, 3.63) is 30.1 Å². The zero-order valence-corrected chi connectivity index (χ0v) is 12.7. The molecule has 1 aromatic rings. The van der Waals surface area contributed by atoms with Crippen LogP contribution in [0.15, 0.2) is 24.3 Å². The highest BCUT2D eigenvalue weighted by atomic mass is 19.1. The molecule has 1 aliphatic heterocycles. The van der Waals surface area contributed by atoms with E-state index in [1.807, 2.05) is 0 Å². The second-order valence-corrected chi connectivity index (χ2v) is 5.40. The van der Waals surface area contributed by atoms with E-state index in [9.17, 15) is 14.0 Å². The molecule has 0 bridgehead atoms. The quantitative estimate of drug-likeness (QED) is 0.840. The van der Waals surface area contributed by atoms with E-state index in [1.54, 1.807) is 17.0 Å². The molecule has 1 aromatic carbocycles. The number of hydrogen-bond acceptors (Lipinski definition) is 3. The summed E-state index contributed by atoms with van der Waals surface area (Å²) in [6.07, 6.45) is 1.64. The van der Waals surface area contributed by atoms with Crippen molar-refractivity contribution in [1.82, 2.24) is 10.2 Å². The van der Waals surface area contributed by atoms with Crippen molar-refractivity contribution in [2.45, 2.75) is 19.8 Å². The van der Waals surface area contributed by atoms with Gasteiger partial charge in [-0.1, -0.05) is 6.07 Å². The van der Waals surface area contributed by atoms with Gasteiger partial charge in [0, 0.05) is 26.1 Å². The van der Waals surface area contributed by atoms with Gasteiger partial charge in [-0.15, -0.1) is 0 Å². The first-order valence-corrected chi connectivity index (χ1v) is 7.48. The second-order valence-electron chi connectivity index (χ2n) is 5.40. The number of likely N-dealkylation sites (tertiary alicyclic amines) is 1. The Hall–Kier alpha value is -2.11. The molecule has 2 rings (SSSR count). The lowest BCUT2D eigenvalue weighted by atomic mass is 9.97. The Balaban J connectivity index is 1.70. The molecule has 1 aliphatic rings. The van der Waals surface area contributed by atoms with E-state index in [4.69, 9.17) is 4.74 Å². The summed E-state index contributed by atoms with van der Waals surface area (Å²) in [7, 11) is 0. The standard InChI is InChI=1S/C16H21FN2O3/c1-12(20)19-8-3-4-13(11-19)16(21)18-7-9-22-15-6-2-5-14(17)10-15/h2,5-6,10,13H,3-4,7-9,11H2,1H3,(H,18,21)/t13-/m0/s1. The second kappa shape index (κ2) is 7.77. The molecule has 0 saturated carbocycles. The maximum atomic E-state index is 13.0. The number of rotatable bonds is 5. The summed E-state index contributed by atoms with van der Waals surface area (Å²) in [6, 6.07) is 5.88. The van der Waals surface area contributed by atoms with Crippen LogP contribution in [0.2, 0.25) is 0 Å². The van der Waals surface area contributed by atoms with E-state index < -0.39 is 0 Å². The largest absolute Gasteiger partial charge is 0.492 e. The van der Waals surface area contributed by atoms with Crippen LogP contribution in [0.1, 0.15) is 19.8 Å². The van der Waals surface area contributed by atoms with Crippen molar-refractivity contribution in [2.75, 3.05) is 26.2 Å². The number of carbonyl (C=O) groups excluding carboxylic acids is 2. The highest BCUT2D eigenvalue weighted by Gasteiger charge is 2.26. The molecule has 5 nitrogen and oxygen atoms in total. The van der Waals surface area contributed by atoms with Crippen LogP contribution in [-0.4, -0.2) is 43.0 Å². The molecule has 1 atom stereocenters. The number of carbonyl (C=O) groups is 2. The molecule has 0 unspecified atom stereocenters. The lowest BCUT2D eigenvalue weighted by Crippen LogP contribution is -2.45. The SMILES string of the molecule is CC(=O)N1CCC[C@H](C(=O)NCCOc2cccc(F)c2)C1. The Labute approximate surface area is 129 Å². The minimum Gasteiger partial charge on any atom is -0.492 e. The fourth-order valence-electron chi connectivity index (χ4n) is 2.52. The van der Waals surface area contributed by atoms with E-state index in [0.29, 0.717) is 18.8 Å². The van der Waals surface area contributed by atoms with Crippen molar-refractivity contribution < 1.29 is 18.7 Å². The van der Waals surface area contributed by atoms with Crippen LogP contribution < -0.4 is 10.1 Å². The van der Waals surface area contributed by atoms with Gasteiger partial charge in [0.25, 0.3) is 0 Å². The van der Waals surface area contributed by atoms with Crippen molar-refractivity contribution in [3.8, 4) is 5.75 Å². The van der Waals surface area contributed by atoms with Crippen LogP contribution in [-0.2, 0) is 9.59 Å². The van der Waals surface area contributed by atoms with Crippen molar-refractivity contribution in [3.63, 3.8) is 0 Å². The van der Waals surface area contributed by atoms with Crippen LogP contribution in [0, 0.1) is 11.7 Å². The molecule has 1 N–H and O–H groups in total.